The summed E-state index contributed by atoms with van der Waals surface area (Å²) in [5.74, 6) is -1.07. The van der Waals surface area contributed by atoms with Gasteiger partial charge >= 0.3 is 0 Å². The Morgan fingerprint density at radius 3 is 2.74 bits per heavy atom. The number of nitrogens with zero attached hydrogens (tertiary/aromatic N) is 3. The van der Waals surface area contributed by atoms with Crippen molar-refractivity contribution in [3.8, 4) is 0 Å². The average molecular weight is 424 g/mol. The molecule has 0 saturated heterocycles. The lowest BCUT2D eigenvalue weighted by Crippen LogP contribution is -2.45. The van der Waals surface area contributed by atoms with Crippen LogP contribution in [0.5, 0.6) is 0 Å². The molecule has 2 aromatic rings. The Morgan fingerprint density at radius 1 is 1.32 bits per heavy atom. The van der Waals surface area contributed by atoms with Gasteiger partial charge in [0, 0.05) is 41.1 Å². The summed E-state index contributed by atoms with van der Waals surface area (Å²) in [6, 6.07) is 8.53. The number of carbonyl (C=O) groups is 1. The van der Waals surface area contributed by atoms with E-state index in [1.807, 2.05) is 6.92 Å². The Hall–Kier alpha value is -3.55. The molecule has 162 valence electrons. The van der Waals surface area contributed by atoms with Crippen LogP contribution in [0.1, 0.15) is 55.6 Å². The number of rotatable bonds is 6. The number of fused-ring (bicyclic) bond motifs is 1. The summed E-state index contributed by atoms with van der Waals surface area (Å²) in [7, 11) is 0. The predicted octanol–water partition coefficient (Wildman–Crippen LogP) is 4.91. The van der Waals surface area contributed by atoms with Gasteiger partial charge in [-0.2, -0.15) is 5.10 Å². The molecule has 0 unspecified atom stereocenters. The summed E-state index contributed by atoms with van der Waals surface area (Å²) in [5.41, 5.74) is 5.00. The first kappa shape index (κ1) is 22.1. The minimum absolute atomic E-state index is 0.0912. The van der Waals surface area contributed by atoms with E-state index in [9.17, 15) is 19.3 Å². The van der Waals surface area contributed by atoms with Crippen LogP contribution >= 0.6 is 0 Å². The van der Waals surface area contributed by atoms with Crippen LogP contribution < -0.4 is 10.3 Å². The van der Waals surface area contributed by atoms with Crippen molar-refractivity contribution in [1.29, 1.82) is 0 Å². The molecule has 0 spiro atoms. The van der Waals surface area contributed by atoms with Gasteiger partial charge in [-0.1, -0.05) is 19.1 Å². The number of anilines is 1. The van der Waals surface area contributed by atoms with E-state index in [0.717, 1.165) is 35.9 Å². The van der Waals surface area contributed by atoms with Crippen LogP contribution in [0.3, 0.4) is 0 Å². The lowest BCUT2D eigenvalue weighted by Gasteiger charge is -2.43. The predicted molar refractivity (Wildman–Crippen MR) is 120 cm³/mol. The fourth-order valence-corrected chi connectivity index (χ4v) is 3.83. The second kappa shape index (κ2) is 8.67. The Kier molecular flexibility index (Phi) is 6.19. The first-order valence-electron chi connectivity index (χ1n) is 10.0. The van der Waals surface area contributed by atoms with Gasteiger partial charge in [-0.3, -0.25) is 14.9 Å². The van der Waals surface area contributed by atoms with E-state index in [0.29, 0.717) is 0 Å². The summed E-state index contributed by atoms with van der Waals surface area (Å²) in [5, 5.41) is 14.7. The third-order valence-electron chi connectivity index (χ3n) is 5.23. The highest BCUT2D eigenvalue weighted by Crippen LogP contribution is 2.39. The van der Waals surface area contributed by atoms with E-state index in [-0.39, 0.29) is 22.4 Å². The molecule has 0 radical (unpaired) electrons. The number of carbonyl (C=O) groups excluding carboxylic acids is 1. The highest BCUT2D eigenvalue weighted by atomic mass is 19.1. The van der Waals surface area contributed by atoms with E-state index >= 15 is 0 Å². The Balaban J connectivity index is 1.84. The minimum atomic E-state index is -0.620. The van der Waals surface area contributed by atoms with Gasteiger partial charge < -0.3 is 4.90 Å². The standard InChI is InChI=1S/C23H25FN4O3/c1-5-9-27-21-12-20(24)17(11-19(21)15(2)13-23(27,3)4)14-25-26-22(29)16-7-6-8-18(10-16)28(30)31/h6-8,10-14H,5,9H2,1-4H3,(H,26,29)/b25-14-. The van der Waals surface area contributed by atoms with Crippen LogP contribution in [0.15, 0.2) is 47.6 Å². The number of hydrogen-bond donors (Lipinski definition) is 1. The SMILES string of the molecule is CCCN1c2cc(F)c(/C=N\NC(=O)c3cccc([N+](=O)[O-])c3)cc2C(C)=CC1(C)C. The van der Waals surface area contributed by atoms with Crippen LogP contribution in [0.2, 0.25) is 0 Å². The molecule has 1 amide bonds. The molecule has 1 heterocycles. The van der Waals surface area contributed by atoms with Gasteiger partial charge in [0.1, 0.15) is 5.82 Å². The molecule has 2 aromatic carbocycles. The van der Waals surface area contributed by atoms with Gasteiger partial charge in [0.25, 0.3) is 11.6 Å². The van der Waals surface area contributed by atoms with Gasteiger partial charge in [0.2, 0.25) is 0 Å². The normalized spacial score (nSPS) is 14.9. The van der Waals surface area contributed by atoms with Crippen LogP contribution in [0, 0.1) is 15.9 Å². The zero-order chi connectivity index (χ0) is 22.8. The van der Waals surface area contributed by atoms with Crippen molar-refractivity contribution in [3.05, 3.63) is 75.1 Å². The van der Waals surface area contributed by atoms with Crippen molar-refractivity contribution in [2.45, 2.75) is 39.7 Å². The number of allylic oxidation sites excluding steroid dienone is 1. The third-order valence-corrected chi connectivity index (χ3v) is 5.23. The summed E-state index contributed by atoms with van der Waals surface area (Å²) in [6.45, 7) is 9.09. The van der Waals surface area contributed by atoms with Gasteiger partial charge in [-0.05, 0) is 51.0 Å². The zero-order valence-electron chi connectivity index (χ0n) is 18.0. The van der Waals surface area contributed by atoms with Crippen molar-refractivity contribution < 1.29 is 14.1 Å². The van der Waals surface area contributed by atoms with Crippen molar-refractivity contribution in [2.24, 2.45) is 5.10 Å². The molecular weight excluding hydrogens is 399 g/mol. The van der Waals surface area contributed by atoms with Crippen LogP contribution in [0.4, 0.5) is 15.8 Å². The highest BCUT2D eigenvalue weighted by molar-refractivity contribution is 5.95. The van der Waals surface area contributed by atoms with Gasteiger partial charge in [-0.15, -0.1) is 0 Å². The largest absolute Gasteiger partial charge is 0.362 e. The monoisotopic (exact) mass is 424 g/mol. The number of nitro groups is 1. The lowest BCUT2D eigenvalue weighted by atomic mass is 9.88. The van der Waals surface area contributed by atoms with E-state index < -0.39 is 16.6 Å². The highest BCUT2D eigenvalue weighted by Gasteiger charge is 2.31. The molecule has 0 saturated carbocycles. The van der Waals surface area contributed by atoms with Gasteiger partial charge in [0.15, 0.2) is 0 Å². The van der Waals surface area contributed by atoms with Crippen molar-refractivity contribution in [3.63, 3.8) is 0 Å². The molecule has 3 rings (SSSR count). The fourth-order valence-electron chi connectivity index (χ4n) is 3.83. The van der Waals surface area contributed by atoms with E-state index in [1.165, 1.54) is 30.5 Å². The molecule has 1 N–H and O–H groups in total. The van der Waals surface area contributed by atoms with Crippen molar-refractivity contribution >= 4 is 29.1 Å². The summed E-state index contributed by atoms with van der Waals surface area (Å²) >= 11 is 0. The molecular formula is C23H25FN4O3. The second-order valence-electron chi connectivity index (χ2n) is 8.03. The quantitative estimate of drug-likeness (QED) is 0.405. The number of hydrogen-bond acceptors (Lipinski definition) is 5. The number of nitrogens with one attached hydrogen (secondary N) is 1. The number of non-ortho nitro benzene ring substituents is 1. The topological polar surface area (TPSA) is 87.8 Å². The summed E-state index contributed by atoms with van der Waals surface area (Å²) < 4.78 is 14.8. The molecule has 8 heteroatoms. The summed E-state index contributed by atoms with van der Waals surface area (Å²) in [4.78, 5) is 24.7. The van der Waals surface area contributed by atoms with Crippen molar-refractivity contribution in [1.82, 2.24) is 5.43 Å². The molecule has 0 fully saturated rings. The first-order valence-corrected chi connectivity index (χ1v) is 10.0. The number of nitro benzene ring substituents is 1. The third kappa shape index (κ3) is 4.63. The van der Waals surface area contributed by atoms with E-state index in [2.05, 4.69) is 42.3 Å². The Labute approximate surface area is 180 Å². The Bertz CT molecular complexity index is 1090. The van der Waals surface area contributed by atoms with Crippen LogP contribution in [0.25, 0.3) is 5.57 Å². The first-order chi connectivity index (χ1) is 14.6. The molecule has 0 bridgehead atoms. The molecule has 0 aliphatic carbocycles. The maximum atomic E-state index is 14.8. The number of hydrazone groups is 1. The number of benzene rings is 2. The lowest BCUT2D eigenvalue weighted by molar-refractivity contribution is -0.384. The average Bonchev–Trinajstić information content (AvgIpc) is 2.71. The Morgan fingerprint density at radius 2 is 2.06 bits per heavy atom. The molecule has 1 aliphatic heterocycles. The number of amides is 1. The molecule has 0 atom stereocenters. The summed E-state index contributed by atoms with van der Waals surface area (Å²) in [6.07, 6.45) is 4.33. The number of halogens is 1. The van der Waals surface area contributed by atoms with Gasteiger partial charge in [0.05, 0.1) is 16.7 Å². The second-order valence-corrected chi connectivity index (χ2v) is 8.03. The van der Waals surface area contributed by atoms with Crippen LogP contribution in [-0.2, 0) is 0 Å². The van der Waals surface area contributed by atoms with Crippen LogP contribution in [-0.4, -0.2) is 29.1 Å². The minimum Gasteiger partial charge on any atom is -0.362 e. The fraction of sp³-hybridized carbons (Fsp3) is 0.304. The smallest absolute Gasteiger partial charge is 0.271 e. The maximum Gasteiger partial charge on any atom is 0.271 e. The maximum absolute atomic E-state index is 14.8. The van der Waals surface area contributed by atoms with Gasteiger partial charge in [-0.25, -0.2) is 9.82 Å². The van der Waals surface area contributed by atoms with Crippen molar-refractivity contribution in [2.75, 3.05) is 11.4 Å². The molecule has 7 nitrogen and oxygen atoms in total. The molecule has 31 heavy (non-hydrogen) atoms. The molecule has 1 aliphatic rings. The van der Waals surface area contributed by atoms with E-state index in [1.54, 1.807) is 6.07 Å². The molecule has 0 aromatic heterocycles. The zero-order valence-corrected chi connectivity index (χ0v) is 18.0. The van der Waals surface area contributed by atoms with E-state index in [4.69, 9.17) is 0 Å².